The molecule has 2 aromatic carbocycles. The van der Waals surface area contributed by atoms with E-state index in [1.807, 2.05) is 50.2 Å². The number of unbranched alkanes of at least 4 members (excludes halogenated alkanes) is 7. The maximum absolute atomic E-state index is 13.2. The zero-order valence-electron chi connectivity index (χ0n) is 37.1. The maximum Gasteiger partial charge on any atom is 0.333 e. The molecule has 1 fully saturated rings. The van der Waals surface area contributed by atoms with Crippen molar-refractivity contribution in [1.82, 2.24) is 15.4 Å². The van der Waals surface area contributed by atoms with Crippen molar-refractivity contribution in [3.05, 3.63) is 70.8 Å². The number of anilines is 1. The summed E-state index contributed by atoms with van der Waals surface area (Å²) in [6, 6.07) is 15.0. The molecule has 0 spiro atoms. The van der Waals surface area contributed by atoms with Gasteiger partial charge in [0, 0.05) is 56.2 Å². The monoisotopic (exact) mass is 854 g/mol. The summed E-state index contributed by atoms with van der Waals surface area (Å²) in [7, 11) is 0. The highest BCUT2D eigenvalue weighted by atomic mass is 16.7. The third kappa shape index (κ3) is 16.1. The number of nitrogens with zero attached hydrogens (tertiary/aromatic N) is 2. The fraction of sp³-hybridized carbons (Fsp3) is 0.551. The second kappa shape index (κ2) is 25.5. The predicted octanol–water partition coefficient (Wildman–Crippen LogP) is 8.19. The number of hydrogen-bond acceptors (Lipinski definition) is 11. The highest BCUT2D eigenvalue weighted by Crippen LogP contribution is 2.25. The normalized spacial score (nSPS) is 13.7. The summed E-state index contributed by atoms with van der Waals surface area (Å²) in [6.07, 6.45) is 11.4. The number of ketones is 2. The van der Waals surface area contributed by atoms with Crippen LogP contribution in [0.4, 0.5) is 5.82 Å². The van der Waals surface area contributed by atoms with Crippen LogP contribution in [-0.2, 0) is 69.0 Å². The highest BCUT2D eigenvalue weighted by Gasteiger charge is 2.33. The molecule has 62 heavy (non-hydrogen) atoms. The van der Waals surface area contributed by atoms with Crippen LogP contribution >= 0.6 is 0 Å². The van der Waals surface area contributed by atoms with E-state index in [-0.39, 0.29) is 74.5 Å². The van der Waals surface area contributed by atoms with Crippen LogP contribution in [0.3, 0.4) is 0 Å². The number of hydroxylamine groups is 2. The van der Waals surface area contributed by atoms with Gasteiger partial charge in [0.15, 0.2) is 5.78 Å². The van der Waals surface area contributed by atoms with Gasteiger partial charge in [-0.25, -0.2) is 9.78 Å². The molecule has 2 atom stereocenters. The Morgan fingerprint density at radius 1 is 0.758 bits per heavy atom. The third-order valence-electron chi connectivity index (χ3n) is 11.5. The van der Waals surface area contributed by atoms with Gasteiger partial charge >= 0.3 is 11.9 Å². The molecule has 3 aromatic rings. The molecule has 13 nitrogen and oxygen atoms in total. The summed E-state index contributed by atoms with van der Waals surface area (Å²) in [5.41, 5.74) is 11.2. The van der Waals surface area contributed by atoms with E-state index >= 15 is 0 Å². The first-order valence-electron chi connectivity index (χ1n) is 22.6. The molecule has 1 aromatic heterocycles. The maximum atomic E-state index is 13.2. The molecule has 1 saturated heterocycles. The number of hydrogen-bond donors (Lipinski definition) is 2. The number of amides is 3. The summed E-state index contributed by atoms with van der Waals surface area (Å²) in [5.74, 6) is -2.68. The topological polar surface area (TPSA) is 192 Å². The van der Waals surface area contributed by atoms with Crippen LogP contribution in [0, 0.1) is 11.8 Å². The van der Waals surface area contributed by atoms with Crippen LogP contribution in [0.2, 0.25) is 0 Å². The number of aryl methyl sites for hydroxylation is 2. The number of imide groups is 1. The number of aromatic nitrogens is 1. The number of esters is 1. The van der Waals surface area contributed by atoms with Gasteiger partial charge in [-0.3, -0.25) is 28.8 Å². The zero-order chi connectivity index (χ0) is 45.0. The molecule has 0 saturated carbocycles. The lowest BCUT2D eigenvalue weighted by molar-refractivity contribution is -0.197. The number of fused-ring (bicyclic) bond motifs is 1. The number of nitrogens with two attached hydrogens (primary N) is 1. The zero-order valence-corrected chi connectivity index (χ0v) is 37.1. The van der Waals surface area contributed by atoms with E-state index < -0.39 is 29.7 Å². The molecule has 336 valence electrons. The number of Topliss-reactive ketones (excluding diaryl/α,β-unsaturated/α-hetero) is 2. The van der Waals surface area contributed by atoms with Crippen molar-refractivity contribution in [2.24, 2.45) is 11.8 Å². The number of nitrogens with one attached hydrogen (secondary N) is 1. The van der Waals surface area contributed by atoms with Crippen molar-refractivity contribution in [3.63, 3.8) is 0 Å². The predicted molar refractivity (Wildman–Crippen MR) is 237 cm³/mol. The number of benzene rings is 2. The van der Waals surface area contributed by atoms with Gasteiger partial charge in [-0.1, -0.05) is 89.3 Å². The van der Waals surface area contributed by atoms with Crippen molar-refractivity contribution in [2.75, 3.05) is 5.73 Å². The van der Waals surface area contributed by atoms with Gasteiger partial charge in [0.1, 0.15) is 18.2 Å². The number of carbonyl (C=O) groups is 7. The summed E-state index contributed by atoms with van der Waals surface area (Å²) in [5, 5.41) is 4.50. The second-order valence-electron chi connectivity index (χ2n) is 16.9. The van der Waals surface area contributed by atoms with E-state index in [1.165, 1.54) is 23.8 Å². The Bertz CT molecular complexity index is 2000. The van der Waals surface area contributed by atoms with E-state index in [0.29, 0.717) is 36.6 Å². The smallest absolute Gasteiger partial charge is 0.333 e. The number of nitrogen functional groups attached to an aromatic ring is 1. The fourth-order valence-electron chi connectivity index (χ4n) is 7.53. The van der Waals surface area contributed by atoms with Gasteiger partial charge in [0.25, 0.3) is 11.8 Å². The van der Waals surface area contributed by atoms with E-state index in [4.69, 9.17) is 15.3 Å². The minimum Gasteiger partial charge on any atom is -0.461 e. The number of ether oxygens (including phenoxy) is 1. The molecule has 2 heterocycles. The first-order valence-corrected chi connectivity index (χ1v) is 22.6. The number of carbonyl (C=O) groups excluding carboxylic acids is 7. The van der Waals surface area contributed by atoms with Crippen LogP contribution in [0.1, 0.15) is 153 Å². The lowest BCUT2D eigenvalue weighted by atomic mass is 9.88. The molecule has 0 unspecified atom stereocenters. The Morgan fingerprint density at radius 2 is 1.37 bits per heavy atom. The van der Waals surface area contributed by atoms with E-state index in [0.717, 1.165) is 67.2 Å². The minimum absolute atomic E-state index is 0.0137. The number of pyridine rings is 1. The Kier molecular flexibility index (Phi) is 20.2. The van der Waals surface area contributed by atoms with Crippen LogP contribution in [0.25, 0.3) is 10.9 Å². The van der Waals surface area contributed by atoms with Crippen LogP contribution in [0.5, 0.6) is 0 Å². The molecule has 1 aliphatic heterocycles. The summed E-state index contributed by atoms with van der Waals surface area (Å²) < 4.78 is 5.52. The SMILES string of the molecule is CCCCCc1cc2c(CCCCCCC(=O)OCc3ccc(CC(=O)[C@H](C)NC(=O)[C@@H](CC(=O)CCCCCC(=O)ON4C(=O)CCC4=O)C(C)C)cc3)cccc2nc1N. The second-order valence-corrected chi connectivity index (χ2v) is 16.9. The van der Waals surface area contributed by atoms with E-state index in [2.05, 4.69) is 29.4 Å². The molecule has 1 aliphatic rings. The summed E-state index contributed by atoms with van der Waals surface area (Å²) in [4.78, 5) is 96.2. The Balaban J connectivity index is 1.08. The van der Waals surface area contributed by atoms with Crippen molar-refractivity contribution in [3.8, 4) is 0 Å². The first-order chi connectivity index (χ1) is 29.7. The average Bonchev–Trinajstić information content (AvgIpc) is 3.55. The van der Waals surface area contributed by atoms with Crippen molar-refractivity contribution < 1.29 is 43.1 Å². The molecule has 0 aliphatic carbocycles. The lowest BCUT2D eigenvalue weighted by Gasteiger charge is -2.22. The van der Waals surface area contributed by atoms with Crippen LogP contribution < -0.4 is 11.1 Å². The molecule has 0 bridgehead atoms. The third-order valence-corrected chi connectivity index (χ3v) is 11.5. The fourth-order valence-corrected chi connectivity index (χ4v) is 7.53. The Morgan fingerprint density at radius 3 is 2.06 bits per heavy atom. The van der Waals surface area contributed by atoms with Crippen LogP contribution in [-0.4, -0.2) is 57.3 Å². The van der Waals surface area contributed by atoms with Crippen LogP contribution in [0.15, 0.2) is 48.5 Å². The van der Waals surface area contributed by atoms with Gasteiger partial charge < -0.3 is 20.6 Å². The molecular formula is C49H66N4O9. The molecule has 13 heteroatoms. The van der Waals surface area contributed by atoms with Gasteiger partial charge in [-0.2, -0.15) is 0 Å². The molecule has 0 radical (unpaired) electrons. The molecule has 3 amide bonds. The van der Waals surface area contributed by atoms with E-state index in [1.54, 1.807) is 6.92 Å². The minimum atomic E-state index is -0.755. The molecular weight excluding hydrogens is 789 g/mol. The largest absolute Gasteiger partial charge is 0.461 e. The highest BCUT2D eigenvalue weighted by molar-refractivity contribution is 6.01. The standard InChI is InChI=1S/C49H66N4O9/c1-5-6-10-17-38-30-41-37(18-15-20-42(41)52-48(38)50)16-11-7-8-13-21-46(58)61-32-36-25-23-35(24-26-36)29-43(55)34(4)51-49(60)40(33(2)3)31-39(54)19-12-9-14-22-47(59)62-53-44(56)27-28-45(53)57/h15,18,20,23-26,30,33-34,40H,5-14,16-17,19,21-22,27-29,31-32H2,1-4H3,(H2,50,52)(H,51,60)/t34-,40-/m0/s1. The average molecular weight is 855 g/mol. The summed E-state index contributed by atoms with van der Waals surface area (Å²) in [6.45, 7) is 7.70. The number of rotatable bonds is 28. The quantitative estimate of drug-likeness (QED) is 0.0407. The van der Waals surface area contributed by atoms with E-state index in [9.17, 15) is 33.6 Å². The van der Waals surface area contributed by atoms with Gasteiger partial charge in [0.2, 0.25) is 5.91 Å². The van der Waals surface area contributed by atoms with Crippen molar-refractivity contribution in [1.29, 1.82) is 0 Å². The Hall–Kier alpha value is -5.46. The Labute approximate surface area is 366 Å². The summed E-state index contributed by atoms with van der Waals surface area (Å²) >= 11 is 0. The lowest BCUT2D eigenvalue weighted by Crippen LogP contribution is -2.44. The van der Waals surface area contributed by atoms with Crippen molar-refractivity contribution in [2.45, 2.75) is 162 Å². The first kappa shape index (κ1) is 49.2. The van der Waals surface area contributed by atoms with Crippen molar-refractivity contribution >= 4 is 57.9 Å². The molecule has 4 rings (SSSR count). The van der Waals surface area contributed by atoms with Gasteiger partial charge in [-0.15, -0.1) is 5.06 Å². The van der Waals surface area contributed by atoms with Gasteiger partial charge in [0.05, 0.1) is 11.6 Å². The molecule has 3 N–H and O–H groups in total. The van der Waals surface area contributed by atoms with Gasteiger partial charge in [-0.05, 0) is 92.2 Å².